The van der Waals surface area contributed by atoms with Crippen LogP contribution in [0.2, 0.25) is 0 Å². The summed E-state index contributed by atoms with van der Waals surface area (Å²) in [5.74, 6) is 0.662. The summed E-state index contributed by atoms with van der Waals surface area (Å²) in [6.45, 7) is 6.02. The van der Waals surface area contributed by atoms with Gasteiger partial charge in [0.05, 0.1) is 0 Å². The van der Waals surface area contributed by atoms with Gasteiger partial charge in [0.15, 0.2) is 5.96 Å². The Bertz CT molecular complexity index is 445. The molecule has 0 aliphatic rings. The van der Waals surface area contributed by atoms with Gasteiger partial charge in [0.1, 0.15) is 6.54 Å². The largest absolute Gasteiger partial charge is 0.357 e. The SMILES string of the molecule is CCCCN(C)C(=NCC(=O)Nc1ccccc1)NCC. The van der Waals surface area contributed by atoms with Crippen molar-refractivity contribution >= 4 is 17.6 Å². The minimum absolute atomic E-state index is 0.111. The van der Waals surface area contributed by atoms with Crippen molar-refractivity contribution in [2.75, 3.05) is 32.0 Å². The van der Waals surface area contributed by atoms with Crippen LogP contribution in [0.4, 0.5) is 5.69 Å². The first-order valence-corrected chi connectivity index (χ1v) is 7.51. The first-order valence-electron chi connectivity index (χ1n) is 7.51. The zero-order chi connectivity index (χ0) is 15.5. The fourth-order valence-electron chi connectivity index (χ4n) is 1.84. The molecule has 0 atom stereocenters. The minimum Gasteiger partial charge on any atom is -0.357 e. The molecule has 0 unspecified atom stereocenters. The predicted octanol–water partition coefficient (Wildman–Crippen LogP) is 2.32. The number of carbonyl (C=O) groups excluding carboxylic acids is 1. The first kappa shape index (κ1) is 17.0. The Balaban J connectivity index is 2.54. The Morgan fingerprint density at radius 1 is 1.24 bits per heavy atom. The van der Waals surface area contributed by atoms with Gasteiger partial charge in [-0.05, 0) is 25.5 Å². The highest BCUT2D eigenvalue weighted by Crippen LogP contribution is 2.04. The number of nitrogens with zero attached hydrogens (tertiary/aromatic N) is 2. The molecule has 5 nitrogen and oxygen atoms in total. The van der Waals surface area contributed by atoms with E-state index in [2.05, 4.69) is 27.4 Å². The average Bonchev–Trinajstić information content (AvgIpc) is 2.50. The van der Waals surface area contributed by atoms with Gasteiger partial charge in [-0.3, -0.25) is 4.79 Å². The summed E-state index contributed by atoms with van der Waals surface area (Å²) in [5, 5.41) is 6.04. The molecule has 0 saturated heterocycles. The highest BCUT2D eigenvalue weighted by atomic mass is 16.1. The summed E-state index contributed by atoms with van der Waals surface area (Å²) in [5.41, 5.74) is 0.794. The molecule has 0 aliphatic carbocycles. The topological polar surface area (TPSA) is 56.7 Å². The van der Waals surface area contributed by atoms with Crippen LogP contribution in [0, 0.1) is 0 Å². The van der Waals surface area contributed by atoms with Crippen molar-refractivity contribution in [1.82, 2.24) is 10.2 Å². The predicted molar refractivity (Wildman–Crippen MR) is 88.6 cm³/mol. The molecule has 0 saturated carbocycles. The van der Waals surface area contributed by atoms with Crippen LogP contribution in [0.1, 0.15) is 26.7 Å². The number of hydrogen-bond acceptors (Lipinski definition) is 2. The quantitative estimate of drug-likeness (QED) is 0.598. The molecule has 0 bridgehead atoms. The number of aliphatic imine (C=N–C) groups is 1. The maximum Gasteiger partial charge on any atom is 0.246 e. The Labute approximate surface area is 127 Å². The number of anilines is 1. The van der Waals surface area contributed by atoms with Gasteiger partial charge >= 0.3 is 0 Å². The van der Waals surface area contributed by atoms with Crippen LogP contribution in [0.25, 0.3) is 0 Å². The van der Waals surface area contributed by atoms with Crippen molar-refractivity contribution in [3.63, 3.8) is 0 Å². The number of amides is 1. The van der Waals surface area contributed by atoms with E-state index in [0.717, 1.165) is 37.6 Å². The summed E-state index contributed by atoms with van der Waals surface area (Å²) in [6.07, 6.45) is 2.25. The van der Waals surface area contributed by atoms with Crippen LogP contribution >= 0.6 is 0 Å². The Morgan fingerprint density at radius 3 is 2.57 bits per heavy atom. The molecule has 0 fully saturated rings. The van der Waals surface area contributed by atoms with Crippen molar-refractivity contribution in [3.8, 4) is 0 Å². The van der Waals surface area contributed by atoms with E-state index >= 15 is 0 Å². The van der Waals surface area contributed by atoms with Gasteiger partial charge in [-0.2, -0.15) is 0 Å². The number of benzene rings is 1. The second-order valence-electron chi connectivity index (χ2n) is 4.86. The van der Waals surface area contributed by atoms with Gasteiger partial charge in [0, 0.05) is 25.8 Å². The van der Waals surface area contributed by atoms with E-state index in [9.17, 15) is 4.79 Å². The number of para-hydroxylation sites is 1. The van der Waals surface area contributed by atoms with Crippen LogP contribution in [0.5, 0.6) is 0 Å². The number of carbonyl (C=O) groups is 1. The molecule has 0 aliphatic heterocycles. The van der Waals surface area contributed by atoms with Crippen molar-refractivity contribution in [2.45, 2.75) is 26.7 Å². The molecule has 0 aromatic heterocycles. The maximum absolute atomic E-state index is 11.9. The molecule has 5 heteroatoms. The van der Waals surface area contributed by atoms with Crippen molar-refractivity contribution in [1.29, 1.82) is 0 Å². The summed E-state index contributed by atoms with van der Waals surface area (Å²) in [4.78, 5) is 18.3. The van der Waals surface area contributed by atoms with Crippen LogP contribution in [0.15, 0.2) is 35.3 Å². The molecular formula is C16H26N4O. The van der Waals surface area contributed by atoms with Gasteiger partial charge in [-0.25, -0.2) is 4.99 Å². The highest BCUT2D eigenvalue weighted by molar-refractivity contribution is 5.94. The Hall–Kier alpha value is -2.04. The Morgan fingerprint density at radius 2 is 1.95 bits per heavy atom. The highest BCUT2D eigenvalue weighted by Gasteiger charge is 2.06. The third-order valence-electron chi connectivity index (χ3n) is 2.97. The van der Waals surface area contributed by atoms with Gasteiger partial charge in [0.2, 0.25) is 5.91 Å². The molecule has 2 N–H and O–H groups in total. The van der Waals surface area contributed by atoms with Crippen LogP contribution in [-0.2, 0) is 4.79 Å². The average molecular weight is 290 g/mol. The van der Waals surface area contributed by atoms with Gasteiger partial charge in [0.25, 0.3) is 0 Å². The second kappa shape index (κ2) is 9.80. The zero-order valence-electron chi connectivity index (χ0n) is 13.2. The fourth-order valence-corrected chi connectivity index (χ4v) is 1.84. The van der Waals surface area contributed by atoms with Gasteiger partial charge < -0.3 is 15.5 Å². The van der Waals surface area contributed by atoms with Crippen molar-refractivity contribution in [3.05, 3.63) is 30.3 Å². The standard InChI is InChI=1S/C16H26N4O/c1-4-6-12-20(3)16(17-5-2)18-13-15(21)19-14-10-8-7-9-11-14/h7-11H,4-6,12-13H2,1-3H3,(H,17,18)(H,19,21). The second-order valence-corrected chi connectivity index (χ2v) is 4.86. The van der Waals surface area contributed by atoms with Gasteiger partial charge in [-0.1, -0.05) is 31.5 Å². The maximum atomic E-state index is 11.9. The van der Waals surface area contributed by atoms with Crippen LogP contribution < -0.4 is 10.6 Å². The summed E-state index contributed by atoms with van der Waals surface area (Å²) < 4.78 is 0. The van der Waals surface area contributed by atoms with E-state index in [1.165, 1.54) is 0 Å². The molecule has 1 aromatic carbocycles. The van der Waals surface area contributed by atoms with Crippen molar-refractivity contribution in [2.24, 2.45) is 4.99 Å². The fraction of sp³-hybridized carbons (Fsp3) is 0.500. The molecule has 0 radical (unpaired) electrons. The van der Waals surface area contributed by atoms with Crippen LogP contribution in [-0.4, -0.2) is 43.4 Å². The number of guanidine groups is 1. The number of nitrogens with one attached hydrogen (secondary N) is 2. The molecule has 1 aromatic rings. The monoisotopic (exact) mass is 290 g/mol. The number of unbranched alkanes of at least 4 members (excludes halogenated alkanes) is 1. The molecule has 21 heavy (non-hydrogen) atoms. The van der Waals surface area contributed by atoms with E-state index in [-0.39, 0.29) is 12.5 Å². The number of rotatable bonds is 7. The molecule has 0 heterocycles. The lowest BCUT2D eigenvalue weighted by Gasteiger charge is -2.21. The van der Waals surface area contributed by atoms with Crippen molar-refractivity contribution < 1.29 is 4.79 Å². The zero-order valence-corrected chi connectivity index (χ0v) is 13.2. The lowest BCUT2D eigenvalue weighted by atomic mass is 10.3. The molecule has 1 amide bonds. The van der Waals surface area contributed by atoms with Crippen LogP contribution in [0.3, 0.4) is 0 Å². The minimum atomic E-state index is -0.111. The summed E-state index contributed by atoms with van der Waals surface area (Å²) in [7, 11) is 1.99. The summed E-state index contributed by atoms with van der Waals surface area (Å²) in [6, 6.07) is 9.42. The van der Waals surface area contributed by atoms with Gasteiger partial charge in [-0.15, -0.1) is 0 Å². The third-order valence-corrected chi connectivity index (χ3v) is 2.97. The van der Waals surface area contributed by atoms with E-state index in [4.69, 9.17) is 0 Å². The van der Waals surface area contributed by atoms with E-state index in [1.807, 2.05) is 44.3 Å². The molecule has 116 valence electrons. The Kier molecular flexibility index (Phi) is 7.94. The molecular weight excluding hydrogens is 264 g/mol. The normalized spacial score (nSPS) is 11.1. The lowest BCUT2D eigenvalue weighted by Crippen LogP contribution is -2.40. The smallest absolute Gasteiger partial charge is 0.246 e. The summed E-state index contributed by atoms with van der Waals surface area (Å²) >= 11 is 0. The number of hydrogen-bond donors (Lipinski definition) is 2. The van der Waals surface area contributed by atoms with E-state index < -0.39 is 0 Å². The van der Waals surface area contributed by atoms with E-state index in [1.54, 1.807) is 0 Å². The first-order chi connectivity index (χ1) is 10.2. The molecule has 0 spiro atoms. The van der Waals surface area contributed by atoms with E-state index in [0.29, 0.717) is 0 Å². The lowest BCUT2D eigenvalue weighted by molar-refractivity contribution is -0.114. The third kappa shape index (κ3) is 6.79. The molecule has 1 rings (SSSR count).